The molecule has 1 atom stereocenters. The van der Waals surface area contributed by atoms with Crippen molar-refractivity contribution in [1.82, 2.24) is 34.3 Å². The van der Waals surface area contributed by atoms with Gasteiger partial charge in [-0.05, 0) is 43.9 Å². The quantitative estimate of drug-likeness (QED) is 0.419. The van der Waals surface area contributed by atoms with Crippen molar-refractivity contribution in [2.45, 2.75) is 44.7 Å². The fourth-order valence-electron chi connectivity index (χ4n) is 4.60. The Hall–Kier alpha value is -2.97. The number of nitrogens with zero attached hydrogens (tertiary/aromatic N) is 8. The Bertz CT molecular complexity index is 1290. The summed E-state index contributed by atoms with van der Waals surface area (Å²) in [7, 11) is 0. The molecule has 4 heterocycles. The maximum Gasteiger partial charge on any atom is 0.237 e. The molecular formula is C22H20Cl2N8. The highest BCUT2D eigenvalue weighted by molar-refractivity contribution is 6.35. The Morgan fingerprint density at radius 1 is 1.06 bits per heavy atom. The Kier molecular flexibility index (Phi) is 4.66. The van der Waals surface area contributed by atoms with Crippen LogP contribution >= 0.6 is 23.2 Å². The predicted molar refractivity (Wildman–Crippen MR) is 123 cm³/mol. The van der Waals surface area contributed by atoms with Crippen LogP contribution in [0.5, 0.6) is 0 Å². The van der Waals surface area contributed by atoms with E-state index in [1.54, 1.807) is 18.6 Å². The molecule has 1 aromatic carbocycles. The van der Waals surface area contributed by atoms with Crippen LogP contribution in [0.1, 0.15) is 44.5 Å². The van der Waals surface area contributed by atoms with Crippen molar-refractivity contribution in [1.29, 1.82) is 0 Å². The van der Waals surface area contributed by atoms with Crippen LogP contribution in [0.2, 0.25) is 10.0 Å². The molecule has 1 aliphatic heterocycles. The molecule has 3 aromatic heterocycles. The molecule has 10 heteroatoms. The first-order chi connectivity index (χ1) is 15.6. The molecule has 162 valence electrons. The predicted octanol–water partition coefficient (Wildman–Crippen LogP) is 5.04. The van der Waals surface area contributed by atoms with E-state index in [1.807, 2.05) is 33.7 Å². The molecule has 0 amide bonds. The van der Waals surface area contributed by atoms with Gasteiger partial charge in [0.2, 0.25) is 5.95 Å². The first kappa shape index (κ1) is 19.7. The lowest BCUT2D eigenvalue weighted by molar-refractivity contribution is 0.341. The summed E-state index contributed by atoms with van der Waals surface area (Å²) in [6, 6.07) is 5.95. The van der Waals surface area contributed by atoms with Gasteiger partial charge in [-0.15, -0.1) is 10.2 Å². The highest BCUT2D eigenvalue weighted by Gasteiger charge is 2.39. The highest BCUT2D eigenvalue weighted by Crippen LogP contribution is 2.43. The summed E-state index contributed by atoms with van der Waals surface area (Å²) in [5.41, 5.74) is 1.70. The summed E-state index contributed by atoms with van der Waals surface area (Å²) in [5.74, 6) is 3.07. The van der Waals surface area contributed by atoms with Crippen LogP contribution in [0.4, 0.5) is 5.82 Å². The van der Waals surface area contributed by atoms with Crippen LogP contribution in [0.3, 0.4) is 0 Å². The topological polar surface area (TPSA) is 77.5 Å². The minimum Gasteiger partial charge on any atom is -0.341 e. The summed E-state index contributed by atoms with van der Waals surface area (Å²) in [6.07, 6.45) is 11.6. The monoisotopic (exact) mass is 466 g/mol. The van der Waals surface area contributed by atoms with Crippen molar-refractivity contribution in [3.8, 4) is 23.0 Å². The van der Waals surface area contributed by atoms with E-state index in [0.717, 1.165) is 42.2 Å². The van der Waals surface area contributed by atoms with Gasteiger partial charge in [0.25, 0.3) is 0 Å². The normalized spacial score (nSPS) is 17.7. The van der Waals surface area contributed by atoms with E-state index < -0.39 is 0 Å². The van der Waals surface area contributed by atoms with E-state index in [0.29, 0.717) is 27.9 Å². The van der Waals surface area contributed by atoms with Gasteiger partial charge < -0.3 is 4.90 Å². The van der Waals surface area contributed by atoms with Crippen molar-refractivity contribution in [2.75, 3.05) is 4.90 Å². The maximum absolute atomic E-state index is 6.23. The van der Waals surface area contributed by atoms with E-state index in [-0.39, 0.29) is 6.04 Å². The zero-order valence-electron chi connectivity index (χ0n) is 17.4. The molecule has 0 spiro atoms. The number of aromatic nitrogens is 7. The lowest BCUT2D eigenvalue weighted by Gasteiger charge is -2.45. The number of imidazole rings is 1. The smallest absolute Gasteiger partial charge is 0.237 e. The molecule has 32 heavy (non-hydrogen) atoms. The lowest BCUT2D eigenvalue weighted by Crippen LogP contribution is -2.46. The molecule has 4 aromatic rings. The average Bonchev–Trinajstić information content (AvgIpc) is 3.41. The second kappa shape index (κ2) is 7.56. The number of rotatable bonds is 4. The zero-order chi connectivity index (χ0) is 21.8. The van der Waals surface area contributed by atoms with E-state index in [9.17, 15) is 0 Å². The number of hydrogen-bond acceptors (Lipinski definition) is 6. The third-order valence-corrected chi connectivity index (χ3v) is 6.72. The Morgan fingerprint density at radius 3 is 2.59 bits per heavy atom. The van der Waals surface area contributed by atoms with Crippen molar-refractivity contribution in [2.24, 2.45) is 0 Å². The van der Waals surface area contributed by atoms with E-state index in [1.165, 1.54) is 6.42 Å². The van der Waals surface area contributed by atoms with Crippen molar-refractivity contribution >= 4 is 29.0 Å². The third kappa shape index (κ3) is 3.01. The molecule has 1 aliphatic carbocycles. The van der Waals surface area contributed by atoms with Crippen molar-refractivity contribution < 1.29 is 0 Å². The van der Waals surface area contributed by atoms with Crippen LogP contribution in [0.25, 0.3) is 23.0 Å². The van der Waals surface area contributed by atoms with Gasteiger partial charge in [0.05, 0.1) is 12.2 Å². The van der Waals surface area contributed by atoms with Gasteiger partial charge in [-0.2, -0.15) is 4.98 Å². The van der Waals surface area contributed by atoms with Gasteiger partial charge in [0.1, 0.15) is 17.8 Å². The van der Waals surface area contributed by atoms with Crippen LogP contribution in [-0.2, 0) is 0 Å². The minimum absolute atomic E-state index is 0.132. The van der Waals surface area contributed by atoms with Crippen LogP contribution < -0.4 is 4.90 Å². The van der Waals surface area contributed by atoms with Gasteiger partial charge in [-0.25, -0.2) is 9.97 Å². The standard InChI is InChI=1S/C22H20Cl2N8/c1-2-17-21-29-27-12-31(21)18-11-26-22(28-20(18)32(17)16-4-3-5-16)30-7-6-25-19(30)13-8-14(23)10-15(24)9-13/h6-12,16-17H,2-5H2,1H3/t17-/m1/s1. The molecule has 0 radical (unpaired) electrons. The summed E-state index contributed by atoms with van der Waals surface area (Å²) in [5, 5.41) is 9.69. The second-order valence-corrected chi connectivity index (χ2v) is 9.01. The first-order valence-electron chi connectivity index (χ1n) is 10.7. The third-order valence-electron chi connectivity index (χ3n) is 6.28. The first-order valence-corrected chi connectivity index (χ1v) is 11.5. The molecule has 6 rings (SSSR count). The lowest BCUT2D eigenvalue weighted by atomic mass is 9.89. The Labute approximate surface area is 194 Å². The highest BCUT2D eigenvalue weighted by atomic mass is 35.5. The maximum atomic E-state index is 6.23. The van der Waals surface area contributed by atoms with Crippen LogP contribution in [-0.4, -0.2) is 40.3 Å². The minimum atomic E-state index is 0.132. The largest absolute Gasteiger partial charge is 0.341 e. The fraction of sp³-hybridized carbons (Fsp3) is 0.318. The van der Waals surface area contributed by atoms with Gasteiger partial charge in [0.15, 0.2) is 11.6 Å². The fourth-order valence-corrected chi connectivity index (χ4v) is 5.12. The number of benzene rings is 1. The molecule has 0 bridgehead atoms. The number of hydrogen-bond donors (Lipinski definition) is 0. The SMILES string of the molecule is CC[C@@H]1c2nncn2-c2cnc(-n3ccnc3-c3cc(Cl)cc(Cl)c3)nc2N1C1CCC1. The molecule has 1 saturated carbocycles. The Balaban J connectivity index is 1.51. The molecule has 2 aliphatic rings. The zero-order valence-corrected chi connectivity index (χ0v) is 18.9. The molecule has 0 unspecified atom stereocenters. The molecule has 1 fully saturated rings. The van der Waals surface area contributed by atoms with E-state index in [2.05, 4.69) is 32.0 Å². The summed E-state index contributed by atoms with van der Waals surface area (Å²) in [4.78, 5) is 16.7. The second-order valence-electron chi connectivity index (χ2n) is 8.13. The van der Waals surface area contributed by atoms with Gasteiger partial charge >= 0.3 is 0 Å². The average molecular weight is 467 g/mol. The molecule has 0 N–H and O–H groups in total. The number of anilines is 1. The molecule has 8 nitrogen and oxygen atoms in total. The van der Waals surface area contributed by atoms with Gasteiger partial charge in [-0.3, -0.25) is 9.13 Å². The summed E-state index contributed by atoms with van der Waals surface area (Å²) >= 11 is 12.5. The summed E-state index contributed by atoms with van der Waals surface area (Å²) in [6.45, 7) is 2.18. The number of fused-ring (bicyclic) bond motifs is 3. The van der Waals surface area contributed by atoms with Crippen LogP contribution in [0, 0.1) is 0 Å². The van der Waals surface area contributed by atoms with Gasteiger partial charge in [-0.1, -0.05) is 30.1 Å². The van der Waals surface area contributed by atoms with E-state index >= 15 is 0 Å². The van der Waals surface area contributed by atoms with Crippen LogP contribution in [0.15, 0.2) is 43.1 Å². The molecular weight excluding hydrogens is 447 g/mol. The van der Waals surface area contributed by atoms with Crippen molar-refractivity contribution in [3.63, 3.8) is 0 Å². The van der Waals surface area contributed by atoms with Gasteiger partial charge in [0, 0.05) is 34.0 Å². The van der Waals surface area contributed by atoms with Crippen molar-refractivity contribution in [3.05, 3.63) is 59.0 Å². The summed E-state index contributed by atoms with van der Waals surface area (Å²) < 4.78 is 3.87. The van der Waals surface area contributed by atoms with E-state index in [4.69, 9.17) is 28.2 Å². The molecule has 0 saturated heterocycles. The Morgan fingerprint density at radius 2 is 1.88 bits per heavy atom. The number of halogens is 2.